The molecule has 1 aromatic carbocycles. The Hall–Kier alpha value is -3.67. The molecule has 0 bridgehead atoms. The second-order valence-corrected chi connectivity index (χ2v) is 13.0. The number of benzene rings is 1. The molecule has 1 aliphatic rings. The molecule has 1 amide bonds. The lowest BCUT2D eigenvalue weighted by molar-refractivity contribution is -0.140. The van der Waals surface area contributed by atoms with Gasteiger partial charge in [-0.2, -0.15) is 0 Å². The number of carbonyl (C=O) groups excluding carboxylic acids is 1. The Bertz CT molecular complexity index is 1290. The van der Waals surface area contributed by atoms with Gasteiger partial charge in [0.1, 0.15) is 24.2 Å². The lowest BCUT2D eigenvalue weighted by Gasteiger charge is -2.32. The first kappa shape index (κ1) is 35.8. The quantitative estimate of drug-likeness (QED) is 0.150. The van der Waals surface area contributed by atoms with Crippen molar-refractivity contribution in [3.63, 3.8) is 0 Å². The van der Waals surface area contributed by atoms with Crippen molar-refractivity contribution in [3.05, 3.63) is 65.0 Å². The summed E-state index contributed by atoms with van der Waals surface area (Å²) < 4.78 is 17.0. The summed E-state index contributed by atoms with van der Waals surface area (Å²) in [5, 5.41) is 18.6. The molecule has 248 valence electrons. The van der Waals surface area contributed by atoms with Crippen LogP contribution in [0.5, 0.6) is 5.75 Å². The van der Waals surface area contributed by atoms with Gasteiger partial charge < -0.3 is 34.9 Å². The minimum Gasteiger partial charge on any atom is -0.497 e. The maximum atomic E-state index is 12.6. The van der Waals surface area contributed by atoms with E-state index >= 15 is 0 Å². The fraction of sp³-hybridized carbons (Fsp3) is 0.559. The standard InChI is InChI=1S/C34H51N5O6/c1-22-11-23(2)29(24(3)12-22)19-44-21-38-30(33(41)42)17-37-32(40)20-45-28-13-26(39(18-28)25(4)15-34(5,6)7)16-36-31-14-27(43-8)9-10-35-31/h9-12,14,26,28,30,38H,4,13,15-21H2,1-3,5-8H3,(H,35,36)(H,37,40)(H,41,42)/t26-,28+,30?/m0/s1. The van der Waals surface area contributed by atoms with Crippen molar-refractivity contribution >= 4 is 17.7 Å². The van der Waals surface area contributed by atoms with E-state index in [4.69, 9.17) is 14.2 Å². The normalized spacial score (nSPS) is 17.2. The fourth-order valence-corrected chi connectivity index (χ4v) is 5.60. The molecule has 11 heteroatoms. The van der Waals surface area contributed by atoms with Gasteiger partial charge in [-0.3, -0.25) is 14.9 Å². The highest BCUT2D eigenvalue weighted by molar-refractivity contribution is 5.79. The zero-order valence-corrected chi connectivity index (χ0v) is 27.9. The first-order valence-corrected chi connectivity index (χ1v) is 15.4. The number of nitrogens with zero attached hydrogens (tertiary/aromatic N) is 2. The predicted octanol–water partition coefficient (Wildman–Crippen LogP) is 4.17. The minimum atomic E-state index is -1.08. The largest absolute Gasteiger partial charge is 0.497 e. The number of carboxylic acids is 1. The summed E-state index contributed by atoms with van der Waals surface area (Å²) >= 11 is 0. The van der Waals surface area contributed by atoms with Crippen LogP contribution < -0.4 is 20.7 Å². The van der Waals surface area contributed by atoms with Gasteiger partial charge in [-0.25, -0.2) is 4.98 Å². The Morgan fingerprint density at radius 2 is 1.89 bits per heavy atom. The highest BCUT2D eigenvalue weighted by atomic mass is 16.5. The van der Waals surface area contributed by atoms with Crippen molar-refractivity contribution in [3.8, 4) is 5.75 Å². The summed E-state index contributed by atoms with van der Waals surface area (Å²) in [4.78, 5) is 31.1. The van der Waals surface area contributed by atoms with Crippen molar-refractivity contribution in [2.45, 2.75) is 79.2 Å². The number of likely N-dealkylation sites (tertiary alicyclic amines) is 1. The number of aromatic nitrogens is 1. The first-order valence-electron chi connectivity index (χ1n) is 15.4. The van der Waals surface area contributed by atoms with Gasteiger partial charge in [0.25, 0.3) is 0 Å². The van der Waals surface area contributed by atoms with Gasteiger partial charge in [0.2, 0.25) is 5.91 Å². The Balaban J connectivity index is 1.47. The van der Waals surface area contributed by atoms with E-state index in [0.717, 1.165) is 34.6 Å². The lowest BCUT2D eigenvalue weighted by Crippen LogP contribution is -2.47. The fourth-order valence-electron chi connectivity index (χ4n) is 5.60. The van der Waals surface area contributed by atoms with Crippen LogP contribution in [0.2, 0.25) is 0 Å². The monoisotopic (exact) mass is 625 g/mol. The summed E-state index contributed by atoms with van der Waals surface area (Å²) in [6, 6.07) is 6.92. The Kier molecular flexibility index (Phi) is 13.2. The van der Waals surface area contributed by atoms with Gasteiger partial charge in [0.05, 0.1) is 26.6 Å². The Morgan fingerprint density at radius 3 is 2.53 bits per heavy atom. The van der Waals surface area contributed by atoms with Crippen molar-refractivity contribution in [1.29, 1.82) is 0 Å². The zero-order chi connectivity index (χ0) is 33.1. The molecule has 1 aromatic heterocycles. The van der Waals surface area contributed by atoms with E-state index in [-0.39, 0.29) is 43.4 Å². The molecule has 1 unspecified atom stereocenters. The number of rotatable bonds is 17. The number of aliphatic carboxylic acids is 1. The van der Waals surface area contributed by atoms with Gasteiger partial charge in [-0.15, -0.1) is 0 Å². The molecule has 11 nitrogen and oxygen atoms in total. The lowest BCUT2D eigenvalue weighted by atomic mass is 9.90. The molecule has 0 aliphatic carbocycles. The molecule has 4 N–H and O–H groups in total. The van der Waals surface area contributed by atoms with Crippen molar-refractivity contribution in [2.24, 2.45) is 5.41 Å². The molecule has 2 aromatic rings. The van der Waals surface area contributed by atoms with Gasteiger partial charge in [-0.1, -0.05) is 45.0 Å². The number of anilines is 1. The number of carbonyl (C=O) groups is 2. The van der Waals surface area contributed by atoms with Crippen molar-refractivity contribution < 1.29 is 28.9 Å². The Morgan fingerprint density at radius 1 is 1.18 bits per heavy atom. The first-order chi connectivity index (χ1) is 21.3. The van der Waals surface area contributed by atoms with Crippen LogP contribution in [0.1, 0.15) is 55.9 Å². The number of aryl methyl sites for hydroxylation is 3. The van der Waals surface area contributed by atoms with E-state index in [1.165, 1.54) is 5.56 Å². The average molecular weight is 626 g/mol. The molecule has 0 radical (unpaired) electrons. The van der Waals surface area contributed by atoms with E-state index in [1.807, 2.05) is 26.8 Å². The third kappa shape index (κ3) is 11.6. The van der Waals surface area contributed by atoms with Crippen LogP contribution in [0.25, 0.3) is 0 Å². The van der Waals surface area contributed by atoms with Crippen molar-refractivity contribution in [1.82, 2.24) is 20.5 Å². The Labute approximate surface area is 267 Å². The number of nitrogens with one attached hydrogen (secondary N) is 3. The number of pyridine rings is 1. The number of allylic oxidation sites excluding steroid dienone is 1. The smallest absolute Gasteiger partial charge is 0.322 e. The van der Waals surface area contributed by atoms with Gasteiger partial charge in [-0.05, 0) is 61.8 Å². The summed E-state index contributed by atoms with van der Waals surface area (Å²) in [6.07, 6.45) is 3.03. The third-order valence-corrected chi connectivity index (χ3v) is 7.77. The molecule has 1 saturated heterocycles. The number of ether oxygens (including phenoxy) is 3. The molecule has 3 atom stereocenters. The summed E-state index contributed by atoms with van der Waals surface area (Å²) in [7, 11) is 1.62. The van der Waals surface area contributed by atoms with Crippen LogP contribution in [0.15, 0.2) is 42.7 Å². The van der Waals surface area contributed by atoms with Crippen LogP contribution in [0, 0.1) is 26.2 Å². The van der Waals surface area contributed by atoms with Crippen molar-refractivity contribution in [2.75, 3.05) is 45.4 Å². The van der Waals surface area contributed by atoms with Crippen LogP contribution in [0.3, 0.4) is 0 Å². The highest BCUT2D eigenvalue weighted by Crippen LogP contribution is 2.31. The van der Waals surface area contributed by atoms with Crippen LogP contribution >= 0.6 is 0 Å². The summed E-state index contributed by atoms with van der Waals surface area (Å²) in [6.45, 7) is 18.4. The highest BCUT2D eigenvalue weighted by Gasteiger charge is 2.34. The molecule has 3 rings (SSSR count). The van der Waals surface area contributed by atoms with Crippen LogP contribution in [-0.2, 0) is 25.7 Å². The second-order valence-electron chi connectivity index (χ2n) is 13.0. The molecule has 1 aliphatic heterocycles. The number of hydrogen-bond donors (Lipinski definition) is 4. The van der Waals surface area contributed by atoms with E-state index in [2.05, 4.69) is 65.3 Å². The maximum absolute atomic E-state index is 12.6. The number of methoxy groups -OCH3 is 1. The van der Waals surface area contributed by atoms with Gasteiger partial charge in [0.15, 0.2) is 0 Å². The second kappa shape index (κ2) is 16.6. The van der Waals surface area contributed by atoms with E-state index in [0.29, 0.717) is 31.9 Å². The molecule has 0 saturated carbocycles. The minimum absolute atomic E-state index is 0.0349. The number of carboxylic acid groups (broad SMARTS) is 1. The third-order valence-electron chi connectivity index (χ3n) is 7.77. The zero-order valence-electron chi connectivity index (χ0n) is 27.9. The molecular formula is C34H51N5O6. The molecule has 1 fully saturated rings. The van der Waals surface area contributed by atoms with E-state index in [1.54, 1.807) is 19.4 Å². The molecular weight excluding hydrogens is 574 g/mol. The molecule has 2 heterocycles. The SMILES string of the molecule is C=C(CC(C)(C)C)N1C[C@H](OCC(=O)NCC(NCOCc2c(C)cc(C)cc2C)C(=O)O)C[C@H]1CNc1cc(OC)ccn1. The van der Waals surface area contributed by atoms with E-state index in [9.17, 15) is 14.7 Å². The topological polar surface area (TPSA) is 134 Å². The number of hydrogen-bond acceptors (Lipinski definition) is 9. The van der Waals surface area contributed by atoms with Gasteiger partial charge >= 0.3 is 5.97 Å². The van der Waals surface area contributed by atoms with Crippen LogP contribution in [0.4, 0.5) is 5.82 Å². The van der Waals surface area contributed by atoms with Gasteiger partial charge in [0, 0.05) is 43.6 Å². The summed E-state index contributed by atoms with van der Waals surface area (Å²) in [5.41, 5.74) is 5.63. The molecule has 45 heavy (non-hydrogen) atoms. The maximum Gasteiger partial charge on any atom is 0.322 e. The van der Waals surface area contributed by atoms with E-state index < -0.39 is 12.0 Å². The molecule has 0 spiro atoms. The summed E-state index contributed by atoms with van der Waals surface area (Å²) in [5.74, 6) is -0.0171. The predicted molar refractivity (Wildman–Crippen MR) is 175 cm³/mol. The number of amides is 1. The van der Waals surface area contributed by atoms with Crippen LogP contribution in [-0.4, -0.2) is 85.1 Å². The average Bonchev–Trinajstić information content (AvgIpc) is 3.38.